The minimum absolute atomic E-state index is 0. The van der Waals surface area contributed by atoms with Crippen LogP contribution in [0, 0.1) is 0 Å². The van der Waals surface area contributed by atoms with E-state index in [1.165, 1.54) is 0 Å². The van der Waals surface area contributed by atoms with E-state index in [1.807, 2.05) is 0 Å². The normalized spacial score (nSPS) is 12.7. The van der Waals surface area contributed by atoms with Gasteiger partial charge in [-0.2, -0.15) is 9.97 Å². The number of aromatic nitrogens is 3. The van der Waals surface area contributed by atoms with Gasteiger partial charge in [0.1, 0.15) is 0 Å². The van der Waals surface area contributed by atoms with Crippen molar-refractivity contribution in [3.05, 3.63) is 11.6 Å². The molecule has 1 aromatic rings. The molecule has 23 heavy (non-hydrogen) atoms. The minimum Gasteiger partial charge on any atom is -0.748 e. The van der Waals surface area contributed by atoms with Crippen LogP contribution >= 0.6 is 69.6 Å². The fourth-order valence-corrected chi connectivity index (χ4v) is 2.16. The predicted molar refractivity (Wildman–Crippen MR) is 86.0 cm³/mol. The number of anilines is 1. The van der Waals surface area contributed by atoms with E-state index in [2.05, 4.69) is 20.3 Å². The standard InChI is InChI=1S/C8H8Cl6N4O3S.Na/c9-7(10,11)4-16-5(8(12,13)14)18-6(17-4)15-2-1-3-22(19,20)21;/h1-3H2,(H,19,20,21)(H,15,16,17,18);/q;+1/p-1. The summed E-state index contributed by atoms with van der Waals surface area (Å²) >= 11 is 34.0. The zero-order chi connectivity index (χ0) is 17.2. The van der Waals surface area contributed by atoms with E-state index in [1.54, 1.807) is 0 Å². The number of hydrogen-bond acceptors (Lipinski definition) is 7. The Hall–Kier alpha value is 1.46. The first-order valence-corrected chi connectivity index (χ1v) is 9.21. The fourth-order valence-electron chi connectivity index (χ4n) is 1.16. The van der Waals surface area contributed by atoms with E-state index in [4.69, 9.17) is 69.6 Å². The third-order valence-electron chi connectivity index (χ3n) is 2.00. The van der Waals surface area contributed by atoms with Crippen molar-refractivity contribution in [2.75, 3.05) is 17.6 Å². The number of nitrogens with zero attached hydrogens (tertiary/aromatic N) is 3. The molecule has 126 valence electrons. The molecule has 0 bridgehead atoms. The van der Waals surface area contributed by atoms with Crippen molar-refractivity contribution in [1.29, 1.82) is 0 Å². The molecule has 1 aromatic heterocycles. The molecule has 0 spiro atoms. The molecule has 0 aliphatic heterocycles. The summed E-state index contributed by atoms with van der Waals surface area (Å²) in [5, 5.41) is 2.62. The average Bonchev–Trinajstić information content (AvgIpc) is 2.31. The van der Waals surface area contributed by atoms with E-state index in [-0.39, 0.29) is 60.1 Å². The molecule has 1 heterocycles. The Morgan fingerprint density at radius 2 is 1.39 bits per heavy atom. The van der Waals surface area contributed by atoms with Crippen molar-refractivity contribution >= 4 is 85.7 Å². The van der Waals surface area contributed by atoms with Gasteiger partial charge in [0.25, 0.3) is 0 Å². The second kappa shape index (κ2) is 9.41. The van der Waals surface area contributed by atoms with Crippen molar-refractivity contribution in [1.82, 2.24) is 15.0 Å². The summed E-state index contributed by atoms with van der Waals surface area (Å²) in [7, 11) is -4.31. The zero-order valence-electron chi connectivity index (χ0n) is 11.4. The number of rotatable bonds is 5. The van der Waals surface area contributed by atoms with E-state index in [0.29, 0.717) is 0 Å². The van der Waals surface area contributed by atoms with Crippen LogP contribution in [0.1, 0.15) is 18.1 Å². The minimum atomic E-state index is -4.31. The van der Waals surface area contributed by atoms with Gasteiger partial charge in [0.05, 0.1) is 10.1 Å². The SMILES string of the molecule is O=S(=O)([O-])CCCNc1nc(C(Cl)(Cl)Cl)nc(C(Cl)(Cl)Cl)n1.[Na+]. The van der Waals surface area contributed by atoms with Gasteiger partial charge in [0.15, 0.2) is 11.6 Å². The molecule has 0 aromatic carbocycles. The zero-order valence-corrected chi connectivity index (χ0v) is 18.7. The van der Waals surface area contributed by atoms with Gasteiger partial charge >= 0.3 is 29.6 Å². The second-order valence-corrected chi connectivity index (χ2v) is 9.93. The van der Waals surface area contributed by atoms with Crippen LogP contribution < -0.4 is 34.9 Å². The molecule has 1 N–H and O–H groups in total. The van der Waals surface area contributed by atoms with Crippen LogP contribution in [0.15, 0.2) is 0 Å². The molecule has 15 heteroatoms. The molecular formula is C8H7Cl6N4NaO3S. The number of halogens is 6. The Bertz CT molecular complexity index is 603. The van der Waals surface area contributed by atoms with E-state index in [9.17, 15) is 13.0 Å². The Balaban J connectivity index is 0.00000484. The molecule has 0 atom stereocenters. The van der Waals surface area contributed by atoms with Crippen molar-refractivity contribution < 1.29 is 42.5 Å². The molecule has 0 saturated carbocycles. The first-order valence-electron chi connectivity index (χ1n) is 5.37. The molecule has 0 unspecified atom stereocenters. The largest absolute Gasteiger partial charge is 1.00 e. The molecule has 1 rings (SSSR count). The molecule has 0 amide bonds. The Morgan fingerprint density at radius 1 is 0.957 bits per heavy atom. The number of nitrogens with one attached hydrogen (secondary N) is 1. The summed E-state index contributed by atoms with van der Waals surface area (Å²) in [6.07, 6.45) is 0.0176. The third-order valence-corrected chi connectivity index (χ3v) is 3.80. The van der Waals surface area contributed by atoms with Gasteiger partial charge in [0, 0.05) is 12.3 Å². The molecule has 0 fully saturated rings. The van der Waals surface area contributed by atoms with Crippen LogP contribution in [0.5, 0.6) is 0 Å². The molecular weight excluding hydrogens is 468 g/mol. The van der Waals surface area contributed by atoms with Gasteiger partial charge in [-0.25, -0.2) is 13.4 Å². The molecule has 7 nitrogen and oxygen atoms in total. The maximum atomic E-state index is 10.5. The van der Waals surface area contributed by atoms with Crippen molar-refractivity contribution in [2.45, 2.75) is 14.0 Å². The molecule has 0 aliphatic rings. The quantitative estimate of drug-likeness (QED) is 0.274. The van der Waals surface area contributed by atoms with Crippen LogP contribution in [-0.4, -0.2) is 40.2 Å². The summed E-state index contributed by atoms with van der Waals surface area (Å²) in [6, 6.07) is 0. The van der Waals surface area contributed by atoms with Crippen LogP contribution in [0.2, 0.25) is 0 Å². The Kier molecular flexibility index (Phi) is 10.0. The summed E-state index contributed by atoms with van der Waals surface area (Å²) in [4.78, 5) is 11.4. The summed E-state index contributed by atoms with van der Waals surface area (Å²) in [6.45, 7) is 0.0596. The van der Waals surface area contributed by atoms with Gasteiger partial charge in [-0.05, 0) is 6.42 Å². The smallest absolute Gasteiger partial charge is 0.748 e. The predicted octanol–water partition coefficient (Wildman–Crippen LogP) is -0.124. The topological polar surface area (TPSA) is 108 Å². The van der Waals surface area contributed by atoms with Gasteiger partial charge in [-0.1, -0.05) is 69.6 Å². The van der Waals surface area contributed by atoms with Gasteiger partial charge in [-0.3, -0.25) is 0 Å². The average molecular weight is 475 g/mol. The fraction of sp³-hybridized carbons (Fsp3) is 0.625. The maximum Gasteiger partial charge on any atom is 1.00 e. The monoisotopic (exact) mass is 472 g/mol. The van der Waals surface area contributed by atoms with E-state index >= 15 is 0 Å². The van der Waals surface area contributed by atoms with Crippen LogP contribution in [0.25, 0.3) is 0 Å². The first kappa shape index (κ1) is 24.5. The Morgan fingerprint density at radius 3 is 1.74 bits per heavy atom. The maximum absolute atomic E-state index is 10.5. The van der Waals surface area contributed by atoms with Crippen molar-refractivity contribution in [3.63, 3.8) is 0 Å². The summed E-state index contributed by atoms with van der Waals surface area (Å²) in [5.74, 6) is -1.22. The number of alkyl halides is 6. The second-order valence-electron chi connectivity index (χ2n) is 3.84. The first-order chi connectivity index (χ1) is 9.79. The van der Waals surface area contributed by atoms with Gasteiger partial charge < -0.3 is 9.87 Å². The van der Waals surface area contributed by atoms with E-state index in [0.717, 1.165) is 0 Å². The molecule has 0 saturated heterocycles. The van der Waals surface area contributed by atoms with E-state index < -0.39 is 23.5 Å². The van der Waals surface area contributed by atoms with Gasteiger partial charge in [0.2, 0.25) is 13.5 Å². The van der Waals surface area contributed by atoms with Crippen LogP contribution in [0.4, 0.5) is 5.95 Å². The number of hydrogen-bond donors (Lipinski definition) is 1. The van der Waals surface area contributed by atoms with Gasteiger partial charge in [-0.15, -0.1) is 0 Å². The Labute approximate surface area is 184 Å². The van der Waals surface area contributed by atoms with Crippen molar-refractivity contribution in [2.24, 2.45) is 0 Å². The molecule has 0 aliphatic carbocycles. The molecule has 0 radical (unpaired) electrons. The third kappa shape index (κ3) is 9.65. The summed E-state index contributed by atoms with van der Waals surface area (Å²) in [5.41, 5.74) is 0. The summed E-state index contributed by atoms with van der Waals surface area (Å²) < 4.78 is 27.5. The van der Waals surface area contributed by atoms with Crippen molar-refractivity contribution in [3.8, 4) is 0 Å². The van der Waals surface area contributed by atoms with Crippen LogP contribution in [-0.2, 0) is 17.7 Å². The van der Waals surface area contributed by atoms with Crippen LogP contribution in [0.3, 0.4) is 0 Å².